The lowest BCUT2D eigenvalue weighted by atomic mass is 10.0. The third kappa shape index (κ3) is 2.27. The highest BCUT2D eigenvalue weighted by Crippen LogP contribution is 2.42. The van der Waals surface area contributed by atoms with Crippen LogP contribution in [0, 0.1) is 0 Å². The summed E-state index contributed by atoms with van der Waals surface area (Å²) in [4.78, 5) is 2.67. The van der Waals surface area contributed by atoms with Gasteiger partial charge in [0.2, 0.25) is 0 Å². The molecule has 0 nitrogen and oxygen atoms in total. The van der Waals surface area contributed by atoms with Crippen LogP contribution in [0.3, 0.4) is 0 Å². The molecule has 0 amide bonds. The Bertz CT molecular complexity index is 1000. The summed E-state index contributed by atoms with van der Waals surface area (Å²) >= 11 is 3.74. The molecule has 0 atom stereocenters. The van der Waals surface area contributed by atoms with Crippen molar-refractivity contribution in [2.45, 2.75) is 0 Å². The molecule has 0 aliphatic heterocycles. The van der Waals surface area contributed by atoms with Crippen molar-refractivity contribution < 1.29 is 0 Å². The van der Waals surface area contributed by atoms with E-state index in [1.165, 1.54) is 41.1 Å². The summed E-state index contributed by atoms with van der Waals surface area (Å²) in [6.07, 6.45) is 0. The highest BCUT2D eigenvalue weighted by Gasteiger charge is 2.12. The molecular weight excluding hydrogens is 328 g/mol. The average molecular weight is 342 g/mol. The number of fused-ring (bicyclic) bond motifs is 2. The van der Waals surface area contributed by atoms with E-state index in [9.17, 15) is 0 Å². The van der Waals surface area contributed by atoms with Crippen LogP contribution in [0.4, 0.5) is 0 Å². The summed E-state index contributed by atoms with van der Waals surface area (Å²) in [7, 11) is 0. The number of thiophene rings is 2. The summed E-state index contributed by atoms with van der Waals surface area (Å²) in [6.45, 7) is 0. The third-order valence-electron chi connectivity index (χ3n) is 4.31. The van der Waals surface area contributed by atoms with Gasteiger partial charge in [0.25, 0.3) is 0 Å². The van der Waals surface area contributed by atoms with Gasteiger partial charge >= 0.3 is 0 Å². The largest absolute Gasteiger partial charge is 0.135 e. The Morgan fingerprint density at radius 1 is 0.458 bits per heavy atom. The SMILES string of the molecule is c1ccc(-c2cc3ccccc3s2)c(-c2cc3ccccc3s2)c1. The molecule has 2 aromatic heterocycles. The molecule has 0 bridgehead atoms. The van der Waals surface area contributed by atoms with Crippen molar-refractivity contribution in [1.82, 2.24) is 0 Å². The van der Waals surface area contributed by atoms with Crippen LogP contribution in [-0.2, 0) is 0 Å². The highest BCUT2D eigenvalue weighted by molar-refractivity contribution is 7.23. The Morgan fingerprint density at radius 3 is 1.33 bits per heavy atom. The normalized spacial score (nSPS) is 11.3. The Hall–Kier alpha value is -2.42. The van der Waals surface area contributed by atoms with E-state index in [0.717, 1.165) is 0 Å². The lowest BCUT2D eigenvalue weighted by molar-refractivity contribution is 1.69. The molecule has 0 saturated carbocycles. The van der Waals surface area contributed by atoms with Gasteiger partial charge in [-0.25, -0.2) is 0 Å². The van der Waals surface area contributed by atoms with E-state index in [1.807, 2.05) is 22.7 Å². The molecule has 114 valence electrons. The standard InChI is InChI=1S/C22H14S2/c1-5-11-19-15(7-1)13-21(23-19)17-9-3-4-10-18(17)22-14-16-8-2-6-12-20(16)24-22/h1-14H. The molecule has 24 heavy (non-hydrogen) atoms. The first-order valence-corrected chi connectivity index (χ1v) is 9.59. The molecule has 0 spiro atoms. The molecule has 0 radical (unpaired) electrons. The van der Waals surface area contributed by atoms with Crippen LogP contribution in [0.25, 0.3) is 41.1 Å². The van der Waals surface area contributed by atoms with Gasteiger partial charge in [0, 0.05) is 30.3 Å². The first-order chi connectivity index (χ1) is 11.9. The van der Waals surface area contributed by atoms with Crippen LogP contribution in [0.1, 0.15) is 0 Å². The van der Waals surface area contributed by atoms with Crippen molar-refractivity contribution in [3.05, 3.63) is 84.9 Å². The first kappa shape index (κ1) is 14.0. The van der Waals surface area contributed by atoms with Gasteiger partial charge in [-0.05, 0) is 35.0 Å². The zero-order valence-electron chi connectivity index (χ0n) is 12.9. The average Bonchev–Trinajstić information content (AvgIpc) is 3.25. The Kier molecular flexibility index (Phi) is 3.25. The van der Waals surface area contributed by atoms with E-state index < -0.39 is 0 Å². The Balaban J connectivity index is 1.72. The van der Waals surface area contributed by atoms with Crippen LogP contribution in [-0.4, -0.2) is 0 Å². The van der Waals surface area contributed by atoms with Gasteiger partial charge in [-0.1, -0.05) is 60.7 Å². The van der Waals surface area contributed by atoms with E-state index in [1.54, 1.807) is 0 Å². The molecule has 3 aromatic carbocycles. The number of benzene rings is 3. The first-order valence-electron chi connectivity index (χ1n) is 7.95. The predicted octanol–water partition coefficient (Wildman–Crippen LogP) is 7.45. The van der Waals surface area contributed by atoms with Crippen molar-refractivity contribution in [2.24, 2.45) is 0 Å². The fraction of sp³-hybridized carbons (Fsp3) is 0. The van der Waals surface area contributed by atoms with Crippen LogP contribution >= 0.6 is 22.7 Å². The summed E-state index contributed by atoms with van der Waals surface area (Å²) in [5, 5.41) is 2.65. The van der Waals surface area contributed by atoms with Crippen LogP contribution in [0.15, 0.2) is 84.9 Å². The maximum Gasteiger partial charge on any atom is 0.0361 e. The minimum atomic E-state index is 1.32. The summed E-state index contributed by atoms with van der Waals surface area (Å²) in [5.41, 5.74) is 2.65. The Labute approximate surface area is 148 Å². The fourth-order valence-electron chi connectivity index (χ4n) is 3.14. The van der Waals surface area contributed by atoms with Gasteiger partial charge in [0.05, 0.1) is 0 Å². The molecule has 0 fully saturated rings. The molecule has 0 N–H and O–H groups in total. The number of hydrogen-bond acceptors (Lipinski definition) is 2. The van der Waals surface area contributed by atoms with Gasteiger partial charge in [0.1, 0.15) is 0 Å². The van der Waals surface area contributed by atoms with Gasteiger partial charge in [0.15, 0.2) is 0 Å². The molecule has 0 unspecified atom stereocenters. The van der Waals surface area contributed by atoms with Crippen LogP contribution in [0.2, 0.25) is 0 Å². The minimum Gasteiger partial charge on any atom is -0.135 e. The van der Waals surface area contributed by atoms with E-state index in [-0.39, 0.29) is 0 Å². The van der Waals surface area contributed by atoms with Crippen molar-refractivity contribution in [1.29, 1.82) is 0 Å². The second kappa shape index (κ2) is 5.59. The minimum absolute atomic E-state index is 1.32. The van der Waals surface area contributed by atoms with E-state index in [4.69, 9.17) is 0 Å². The maximum absolute atomic E-state index is 2.31. The van der Waals surface area contributed by atoms with Gasteiger partial charge in [-0.3, -0.25) is 0 Å². The predicted molar refractivity (Wildman–Crippen MR) is 108 cm³/mol. The van der Waals surface area contributed by atoms with Crippen molar-refractivity contribution >= 4 is 42.8 Å². The summed E-state index contributed by atoms with van der Waals surface area (Å²) in [5.74, 6) is 0. The second-order valence-electron chi connectivity index (χ2n) is 5.84. The van der Waals surface area contributed by atoms with Crippen molar-refractivity contribution in [3.63, 3.8) is 0 Å². The molecule has 2 heterocycles. The summed E-state index contributed by atoms with van der Waals surface area (Å²) in [6, 6.07) is 30.6. The number of rotatable bonds is 2. The zero-order chi connectivity index (χ0) is 15.9. The molecular formula is C22H14S2. The smallest absolute Gasteiger partial charge is 0.0361 e. The lowest BCUT2D eigenvalue weighted by Gasteiger charge is -2.05. The van der Waals surface area contributed by atoms with E-state index in [2.05, 4.69) is 84.9 Å². The maximum atomic E-state index is 2.31. The van der Waals surface area contributed by atoms with Crippen molar-refractivity contribution in [3.8, 4) is 20.9 Å². The van der Waals surface area contributed by atoms with E-state index in [0.29, 0.717) is 0 Å². The fourth-order valence-corrected chi connectivity index (χ4v) is 5.35. The molecule has 5 aromatic rings. The van der Waals surface area contributed by atoms with Crippen LogP contribution in [0.5, 0.6) is 0 Å². The summed E-state index contributed by atoms with van der Waals surface area (Å²) < 4.78 is 2.69. The van der Waals surface area contributed by atoms with Gasteiger partial charge < -0.3 is 0 Å². The monoisotopic (exact) mass is 342 g/mol. The topological polar surface area (TPSA) is 0 Å². The van der Waals surface area contributed by atoms with Gasteiger partial charge in [-0.2, -0.15) is 0 Å². The molecule has 0 aliphatic carbocycles. The quantitative estimate of drug-likeness (QED) is 0.312. The van der Waals surface area contributed by atoms with Crippen LogP contribution < -0.4 is 0 Å². The molecule has 0 saturated heterocycles. The van der Waals surface area contributed by atoms with Gasteiger partial charge in [-0.15, -0.1) is 22.7 Å². The third-order valence-corrected chi connectivity index (χ3v) is 6.61. The van der Waals surface area contributed by atoms with Crippen molar-refractivity contribution in [2.75, 3.05) is 0 Å². The molecule has 2 heteroatoms. The second-order valence-corrected chi connectivity index (χ2v) is 8.01. The highest BCUT2D eigenvalue weighted by atomic mass is 32.1. The molecule has 0 aliphatic rings. The zero-order valence-corrected chi connectivity index (χ0v) is 14.5. The molecule has 5 rings (SSSR count). The number of hydrogen-bond donors (Lipinski definition) is 0. The Morgan fingerprint density at radius 2 is 0.875 bits per heavy atom. The van der Waals surface area contributed by atoms with E-state index >= 15 is 0 Å². The lowest BCUT2D eigenvalue weighted by Crippen LogP contribution is -1.78.